The van der Waals surface area contributed by atoms with Gasteiger partial charge in [-0.25, -0.2) is 9.78 Å². The lowest BCUT2D eigenvalue weighted by atomic mass is 10.4. The molecule has 2 rings (SSSR count). The van der Waals surface area contributed by atoms with E-state index in [0.717, 1.165) is 5.01 Å². The smallest absolute Gasteiger partial charge is 0.323 e. The Morgan fingerprint density at radius 1 is 1.62 bits per heavy atom. The van der Waals surface area contributed by atoms with Crippen LogP contribution in [0.2, 0.25) is 0 Å². The van der Waals surface area contributed by atoms with Crippen molar-refractivity contribution in [2.24, 2.45) is 0 Å². The number of hydrogen-bond donors (Lipinski definition) is 2. The summed E-state index contributed by atoms with van der Waals surface area (Å²) in [5, 5.41) is 2.71. The van der Waals surface area contributed by atoms with Crippen LogP contribution in [0.4, 0.5) is 0 Å². The monoisotopic (exact) mass is 238 g/mol. The summed E-state index contributed by atoms with van der Waals surface area (Å²) < 4.78 is 0. The Labute approximate surface area is 95.0 Å². The predicted octanol–water partition coefficient (Wildman–Crippen LogP) is 0.432. The molecule has 0 radical (unpaired) electrons. The van der Waals surface area contributed by atoms with E-state index in [-0.39, 0.29) is 17.3 Å². The number of amides is 1. The molecule has 2 aromatic rings. The fraction of sp³-hybridized carbons (Fsp3) is 0.222. The van der Waals surface area contributed by atoms with Crippen LogP contribution in [0.3, 0.4) is 0 Å². The molecule has 0 aliphatic rings. The van der Waals surface area contributed by atoms with Crippen LogP contribution in [0.25, 0.3) is 0 Å². The van der Waals surface area contributed by atoms with Gasteiger partial charge in [-0.15, -0.1) is 11.3 Å². The largest absolute Gasteiger partial charge is 0.334 e. The summed E-state index contributed by atoms with van der Waals surface area (Å²) in [6.45, 7) is 0.434. The molecule has 0 spiro atoms. The molecule has 0 atom stereocenters. The Morgan fingerprint density at radius 2 is 2.44 bits per heavy atom. The lowest BCUT2D eigenvalue weighted by molar-refractivity contribution is 0.0779. The van der Waals surface area contributed by atoms with Crippen LogP contribution in [0.15, 0.2) is 22.6 Å². The molecule has 0 unspecified atom stereocenters. The molecule has 16 heavy (non-hydrogen) atoms. The van der Waals surface area contributed by atoms with E-state index < -0.39 is 0 Å². The molecule has 0 fully saturated rings. The first-order valence-corrected chi connectivity index (χ1v) is 5.46. The zero-order valence-corrected chi connectivity index (χ0v) is 9.37. The van der Waals surface area contributed by atoms with Crippen LogP contribution in [0.5, 0.6) is 0 Å². The van der Waals surface area contributed by atoms with Crippen LogP contribution in [0, 0.1) is 0 Å². The van der Waals surface area contributed by atoms with Gasteiger partial charge in [0.1, 0.15) is 10.7 Å². The second-order valence-electron chi connectivity index (χ2n) is 3.24. The highest BCUT2D eigenvalue weighted by Gasteiger charge is 2.14. The molecule has 1 amide bonds. The Morgan fingerprint density at radius 3 is 3.00 bits per heavy atom. The molecule has 0 aliphatic carbocycles. The van der Waals surface area contributed by atoms with Gasteiger partial charge >= 0.3 is 5.69 Å². The zero-order chi connectivity index (χ0) is 11.5. The number of nitrogens with zero attached hydrogens (tertiary/aromatic N) is 2. The summed E-state index contributed by atoms with van der Waals surface area (Å²) in [6, 6.07) is 0. The van der Waals surface area contributed by atoms with Crippen molar-refractivity contribution in [2.45, 2.75) is 6.54 Å². The van der Waals surface area contributed by atoms with Crippen molar-refractivity contribution in [2.75, 3.05) is 7.05 Å². The van der Waals surface area contributed by atoms with Gasteiger partial charge in [0.15, 0.2) is 0 Å². The molecular weight excluding hydrogens is 228 g/mol. The highest BCUT2D eigenvalue weighted by molar-refractivity contribution is 7.09. The summed E-state index contributed by atoms with van der Waals surface area (Å²) in [5.74, 6) is -0.242. The second-order valence-corrected chi connectivity index (χ2v) is 4.22. The van der Waals surface area contributed by atoms with Crippen molar-refractivity contribution < 1.29 is 4.79 Å². The number of carbonyl (C=O) groups excluding carboxylic acids is 1. The zero-order valence-electron chi connectivity index (χ0n) is 8.56. The molecule has 0 aromatic carbocycles. The third-order valence-corrected chi connectivity index (χ3v) is 2.79. The van der Waals surface area contributed by atoms with E-state index in [0.29, 0.717) is 6.54 Å². The van der Waals surface area contributed by atoms with Crippen molar-refractivity contribution in [3.8, 4) is 0 Å². The number of aromatic nitrogens is 3. The first-order chi connectivity index (χ1) is 7.66. The number of rotatable bonds is 3. The third kappa shape index (κ3) is 2.19. The molecule has 0 bridgehead atoms. The first-order valence-electron chi connectivity index (χ1n) is 4.58. The van der Waals surface area contributed by atoms with E-state index >= 15 is 0 Å². The highest BCUT2D eigenvalue weighted by Crippen LogP contribution is 2.08. The van der Waals surface area contributed by atoms with Gasteiger partial charge in [-0.3, -0.25) is 4.79 Å². The summed E-state index contributed by atoms with van der Waals surface area (Å²) in [7, 11) is 1.66. The third-order valence-electron chi connectivity index (χ3n) is 2.03. The average molecular weight is 238 g/mol. The van der Waals surface area contributed by atoms with Gasteiger partial charge < -0.3 is 14.9 Å². The Balaban J connectivity index is 2.08. The van der Waals surface area contributed by atoms with E-state index in [2.05, 4.69) is 15.0 Å². The van der Waals surface area contributed by atoms with Crippen LogP contribution in [-0.4, -0.2) is 32.8 Å². The lowest BCUT2D eigenvalue weighted by Gasteiger charge is -2.13. The van der Waals surface area contributed by atoms with E-state index in [1.807, 2.05) is 5.38 Å². The maximum Gasteiger partial charge on any atom is 0.323 e. The van der Waals surface area contributed by atoms with Gasteiger partial charge in [-0.1, -0.05) is 0 Å². The molecule has 2 N–H and O–H groups in total. The number of aromatic amines is 2. The minimum Gasteiger partial charge on any atom is -0.334 e. The van der Waals surface area contributed by atoms with E-state index in [9.17, 15) is 9.59 Å². The molecule has 6 nitrogen and oxygen atoms in total. The standard InChI is InChI=1S/C9H10N4O2S/c1-13(5-7-10-2-3-16-7)8(14)6-4-11-9(15)12-6/h2-4H,5H2,1H3,(H2,11,12,15). The summed E-state index contributed by atoms with van der Waals surface area (Å²) in [6.07, 6.45) is 3.06. The molecule has 84 valence electrons. The molecule has 0 saturated carbocycles. The molecule has 2 heterocycles. The van der Waals surface area contributed by atoms with Crippen molar-refractivity contribution in [1.29, 1.82) is 0 Å². The molecular formula is C9H10N4O2S. The second kappa shape index (κ2) is 4.31. The lowest BCUT2D eigenvalue weighted by Crippen LogP contribution is -2.26. The summed E-state index contributed by atoms with van der Waals surface area (Å²) in [5.41, 5.74) is -0.130. The Hall–Kier alpha value is -1.89. The quantitative estimate of drug-likeness (QED) is 0.813. The van der Waals surface area contributed by atoms with Crippen LogP contribution < -0.4 is 5.69 Å². The maximum absolute atomic E-state index is 11.8. The van der Waals surface area contributed by atoms with Crippen molar-refractivity contribution >= 4 is 17.2 Å². The molecule has 7 heteroatoms. The van der Waals surface area contributed by atoms with Crippen LogP contribution in [0.1, 0.15) is 15.5 Å². The number of imidazole rings is 1. The number of nitrogens with one attached hydrogen (secondary N) is 2. The van der Waals surface area contributed by atoms with Gasteiger partial charge in [-0.05, 0) is 0 Å². The van der Waals surface area contributed by atoms with Crippen molar-refractivity contribution in [1.82, 2.24) is 19.9 Å². The first kappa shape index (κ1) is 10.6. The van der Waals surface area contributed by atoms with Gasteiger partial charge in [0.2, 0.25) is 0 Å². The van der Waals surface area contributed by atoms with E-state index in [4.69, 9.17) is 0 Å². The highest BCUT2D eigenvalue weighted by atomic mass is 32.1. The number of thiazole rings is 1. The summed E-state index contributed by atoms with van der Waals surface area (Å²) in [4.78, 5) is 33.0. The fourth-order valence-corrected chi connectivity index (χ4v) is 1.93. The van der Waals surface area contributed by atoms with Gasteiger partial charge in [-0.2, -0.15) is 0 Å². The summed E-state index contributed by atoms with van der Waals surface area (Å²) >= 11 is 1.48. The van der Waals surface area contributed by atoms with Crippen molar-refractivity contribution in [3.63, 3.8) is 0 Å². The van der Waals surface area contributed by atoms with Gasteiger partial charge in [0.25, 0.3) is 5.91 Å². The predicted molar refractivity (Wildman–Crippen MR) is 59.3 cm³/mol. The Kier molecular flexibility index (Phi) is 2.86. The van der Waals surface area contributed by atoms with E-state index in [1.165, 1.54) is 22.4 Å². The van der Waals surface area contributed by atoms with Crippen LogP contribution in [-0.2, 0) is 6.54 Å². The normalized spacial score (nSPS) is 10.3. The molecule has 2 aromatic heterocycles. The number of H-pyrrole nitrogens is 2. The topological polar surface area (TPSA) is 81.8 Å². The molecule has 0 saturated heterocycles. The van der Waals surface area contributed by atoms with Crippen LogP contribution >= 0.6 is 11.3 Å². The minimum atomic E-state index is -0.383. The van der Waals surface area contributed by atoms with Crippen molar-refractivity contribution in [3.05, 3.63) is 39.0 Å². The minimum absolute atomic E-state index is 0.242. The number of carbonyl (C=O) groups is 1. The van der Waals surface area contributed by atoms with Gasteiger partial charge in [0, 0.05) is 24.8 Å². The van der Waals surface area contributed by atoms with Gasteiger partial charge in [0.05, 0.1) is 6.54 Å². The molecule has 0 aliphatic heterocycles. The fourth-order valence-electron chi connectivity index (χ4n) is 1.26. The number of hydrogen-bond acceptors (Lipinski definition) is 4. The SMILES string of the molecule is CN(Cc1nccs1)C(=O)c1c[nH]c(=O)[nH]1. The average Bonchev–Trinajstić information content (AvgIpc) is 2.88. The maximum atomic E-state index is 11.8. The Bertz CT molecular complexity index is 528. The van der Waals surface area contributed by atoms with E-state index in [1.54, 1.807) is 13.2 Å².